The number of aryl methyl sites for hydroxylation is 2. The molecule has 2 fully saturated rings. The number of aliphatic hydroxyl groups is 1. The van der Waals surface area contributed by atoms with Crippen LogP contribution >= 0.6 is 0 Å². The van der Waals surface area contributed by atoms with Crippen molar-refractivity contribution < 1.29 is 14.3 Å². The van der Waals surface area contributed by atoms with Crippen LogP contribution in [0.1, 0.15) is 49.7 Å². The molecule has 0 unspecified atom stereocenters. The van der Waals surface area contributed by atoms with Crippen molar-refractivity contribution in [3.63, 3.8) is 0 Å². The molecular formula is C18H29N3O3. The van der Waals surface area contributed by atoms with E-state index in [9.17, 15) is 9.90 Å². The van der Waals surface area contributed by atoms with Gasteiger partial charge in [-0.3, -0.25) is 0 Å². The molecule has 6 heteroatoms. The molecule has 2 heterocycles. The van der Waals surface area contributed by atoms with Gasteiger partial charge in [-0.1, -0.05) is 0 Å². The number of hydrogen-bond acceptors (Lipinski definition) is 4. The number of amides is 2. The highest BCUT2D eigenvalue weighted by atomic mass is 16.3. The van der Waals surface area contributed by atoms with Crippen LogP contribution in [0.15, 0.2) is 10.5 Å². The number of carbonyl (C=O) groups excluding carboxylic acids is 1. The van der Waals surface area contributed by atoms with Gasteiger partial charge in [0.15, 0.2) is 0 Å². The lowest BCUT2D eigenvalue weighted by atomic mass is 9.96. The zero-order valence-corrected chi connectivity index (χ0v) is 14.9. The Balaban J connectivity index is 1.44. The van der Waals surface area contributed by atoms with Gasteiger partial charge in [0.1, 0.15) is 17.1 Å². The molecule has 3 rings (SSSR count). The second-order valence-electron chi connectivity index (χ2n) is 7.47. The fourth-order valence-corrected chi connectivity index (χ4v) is 3.60. The summed E-state index contributed by atoms with van der Waals surface area (Å²) in [5, 5.41) is 16.5. The zero-order chi connectivity index (χ0) is 17.3. The topological polar surface area (TPSA) is 77.7 Å². The summed E-state index contributed by atoms with van der Waals surface area (Å²) in [6.45, 7) is 7.66. The molecule has 1 aromatic rings. The Kier molecular flexibility index (Phi) is 4.88. The van der Waals surface area contributed by atoms with Crippen LogP contribution in [-0.4, -0.2) is 47.8 Å². The lowest BCUT2D eigenvalue weighted by molar-refractivity contribution is 0.0576. The van der Waals surface area contributed by atoms with Crippen molar-refractivity contribution in [3.8, 4) is 0 Å². The molecule has 0 radical (unpaired) electrons. The van der Waals surface area contributed by atoms with E-state index in [1.165, 1.54) is 12.8 Å². The Morgan fingerprint density at radius 2 is 2.00 bits per heavy atom. The van der Waals surface area contributed by atoms with Gasteiger partial charge in [-0.05, 0) is 52.5 Å². The number of likely N-dealkylation sites (tertiary alicyclic amines) is 1. The summed E-state index contributed by atoms with van der Waals surface area (Å²) in [4.78, 5) is 14.7. The lowest BCUT2D eigenvalue weighted by Gasteiger charge is -2.32. The summed E-state index contributed by atoms with van der Waals surface area (Å²) in [5.41, 5.74) is -0.424. The fraction of sp³-hybridized carbons (Fsp3) is 0.722. The first kappa shape index (κ1) is 17.3. The molecule has 1 saturated carbocycles. The number of nitrogens with one attached hydrogen (secondary N) is 2. The molecule has 2 aliphatic rings. The number of piperidine rings is 1. The largest absolute Gasteiger partial charge is 0.466 e. The third-order valence-electron chi connectivity index (χ3n) is 5.14. The predicted molar refractivity (Wildman–Crippen MR) is 91.9 cm³/mol. The summed E-state index contributed by atoms with van der Waals surface area (Å²) in [7, 11) is 0. The summed E-state index contributed by atoms with van der Waals surface area (Å²) >= 11 is 0. The molecule has 1 aromatic heterocycles. The van der Waals surface area contributed by atoms with E-state index >= 15 is 0 Å². The quantitative estimate of drug-likeness (QED) is 0.769. The lowest BCUT2D eigenvalue weighted by Crippen LogP contribution is -2.50. The van der Waals surface area contributed by atoms with E-state index in [2.05, 4.69) is 15.5 Å². The average Bonchev–Trinajstić information content (AvgIpc) is 3.31. The Morgan fingerprint density at radius 1 is 1.33 bits per heavy atom. The summed E-state index contributed by atoms with van der Waals surface area (Å²) in [5.74, 6) is 1.45. The van der Waals surface area contributed by atoms with E-state index in [0.29, 0.717) is 5.76 Å². The maximum Gasteiger partial charge on any atom is 0.315 e. The van der Waals surface area contributed by atoms with Crippen LogP contribution in [0.3, 0.4) is 0 Å². The number of nitrogens with zero attached hydrogens (tertiary/aromatic N) is 1. The molecule has 134 valence electrons. The van der Waals surface area contributed by atoms with Gasteiger partial charge in [-0.2, -0.15) is 0 Å². The SMILES string of the molecule is Cc1cc([C@](C)(O)CNC(=O)NC2CCN(C3CC3)CC2)c(C)o1. The van der Waals surface area contributed by atoms with Gasteiger partial charge < -0.3 is 25.1 Å². The summed E-state index contributed by atoms with van der Waals surface area (Å²) in [6.07, 6.45) is 4.67. The molecule has 1 saturated heterocycles. The summed E-state index contributed by atoms with van der Waals surface area (Å²) < 4.78 is 5.47. The first-order valence-electron chi connectivity index (χ1n) is 8.93. The minimum atomic E-state index is -1.14. The van der Waals surface area contributed by atoms with Gasteiger partial charge in [0.25, 0.3) is 0 Å². The molecule has 1 aliphatic heterocycles. The van der Waals surface area contributed by atoms with E-state index < -0.39 is 5.60 Å². The van der Waals surface area contributed by atoms with Crippen molar-refractivity contribution in [2.75, 3.05) is 19.6 Å². The Hall–Kier alpha value is -1.53. The van der Waals surface area contributed by atoms with E-state index in [0.717, 1.165) is 43.3 Å². The minimum Gasteiger partial charge on any atom is -0.466 e. The van der Waals surface area contributed by atoms with Crippen LogP contribution < -0.4 is 10.6 Å². The number of furan rings is 1. The second kappa shape index (κ2) is 6.76. The monoisotopic (exact) mass is 335 g/mol. The van der Waals surface area contributed by atoms with Gasteiger partial charge in [0.05, 0.1) is 6.54 Å². The first-order valence-corrected chi connectivity index (χ1v) is 8.93. The third kappa shape index (κ3) is 4.11. The highest BCUT2D eigenvalue weighted by molar-refractivity contribution is 5.74. The third-order valence-corrected chi connectivity index (χ3v) is 5.14. The van der Waals surface area contributed by atoms with Crippen molar-refractivity contribution >= 4 is 6.03 Å². The maximum atomic E-state index is 12.1. The average molecular weight is 335 g/mol. The Bertz CT molecular complexity index is 584. The second-order valence-corrected chi connectivity index (χ2v) is 7.47. The molecule has 0 aromatic carbocycles. The van der Waals surface area contributed by atoms with Gasteiger partial charge in [0, 0.05) is 30.7 Å². The van der Waals surface area contributed by atoms with Crippen LogP contribution in [0.2, 0.25) is 0 Å². The van der Waals surface area contributed by atoms with E-state index in [1.54, 1.807) is 6.92 Å². The van der Waals surface area contributed by atoms with Gasteiger partial charge in [-0.25, -0.2) is 4.79 Å². The summed E-state index contributed by atoms with van der Waals surface area (Å²) in [6, 6.07) is 2.64. The van der Waals surface area contributed by atoms with Crippen molar-refractivity contribution in [1.29, 1.82) is 0 Å². The Morgan fingerprint density at radius 3 is 2.54 bits per heavy atom. The molecule has 24 heavy (non-hydrogen) atoms. The molecular weight excluding hydrogens is 306 g/mol. The van der Waals surface area contributed by atoms with Crippen LogP contribution in [-0.2, 0) is 5.60 Å². The Labute approximate surface area is 143 Å². The highest BCUT2D eigenvalue weighted by Gasteiger charge is 2.32. The van der Waals surface area contributed by atoms with Crippen LogP contribution in [0, 0.1) is 13.8 Å². The van der Waals surface area contributed by atoms with Crippen molar-refractivity contribution in [3.05, 3.63) is 23.2 Å². The van der Waals surface area contributed by atoms with E-state index in [-0.39, 0.29) is 18.6 Å². The molecule has 1 atom stereocenters. The normalized spacial score (nSPS) is 22.2. The fourth-order valence-electron chi connectivity index (χ4n) is 3.60. The predicted octanol–water partition coefficient (Wildman–Crippen LogP) is 2.03. The number of carbonyl (C=O) groups is 1. The van der Waals surface area contributed by atoms with Gasteiger partial charge >= 0.3 is 6.03 Å². The number of rotatable bonds is 5. The first-order chi connectivity index (χ1) is 11.3. The standard InChI is InChI=1S/C18H29N3O3/c1-12-10-16(13(2)24-12)18(3,23)11-19-17(22)20-14-6-8-21(9-7-14)15-4-5-15/h10,14-15,23H,4-9,11H2,1-3H3,(H2,19,20,22)/t18-/m1/s1. The van der Waals surface area contributed by atoms with Gasteiger partial charge in [-0.15, -0.1) is 0 Å². The molecule has 2 amide bonds. The van der Waals surface area contributed by atoms with Crippen molar-refractivity contribution in [2.24, 2.45) is 0 Å². The highest BCUT2D eigenvalue weighted by Crippen LogP contribution is 2.29. The number of urea groups is 1. The van der Waals surface area contributed by atoms with E-state index in [1.807, 2.05) is 19.9 Å². The molecule has 1 aliphatic carbocycles. The number of hydrogen-bond donors (Lipinski definition) is 3. The van der Waals surface area contributed by atoms with E-state index in [4.69, 9.17) is 4.42 Å². The minimum absolute atomic E-state index is 0.152. The zero-order valence-electron chi connectivity index (χ0n) is 14.9. The molecule has 0 bridgehead atoms. The maximum absolute atomic E-state index is 12.1. The van der Waals surface area contributed by atoms with Crippen LogP contribution in [0.4, 0.5) is 4.79 Å². The van der Waals surface area contributed by atoms with Crippen LogP contribution in [0.25, 0.3) is 0 Å². The molecule has 6 nitrogen and oxygen atoms in total. The van der Waals surface area contributed by atoms with Gasteiger partial charge in [0.2, 0.25) is 0 Å². The van der Waals surface area contributed by atoms with Crippen molar-refractivity contribution in [2.45, 2.75) is 64.1 Å². The molecule has 0 spiro atoms. The van der Waals surface area contributed by atoms with Crippen LogP contribution in [0.5, 0.6) is 0 Å². The smallest absolute Gasteiger partial charge is 0.315 e. The van der Waals surface area contributed by atoms with Crippen molar-refractivity contribution in [1.82, 2.24) is 15.5 Å². The molecule has 3 N–H and O–H groups in total.